The normalized spacial score (nSPS) is 20.3. The SMILES string of the molecule is COCC(=O)N1CCO[C@H](c2cccnc2)C1. The molecule has 0 saturated carbocycles. The van der Waals surface area contributed by atoms with Gasteiger partial charge in [0.2, 0.25) is 5.91 Å². The molecular formula is C12H16N2O3. The Morgan fingerprint density at radius 2 is 2.59 bits per heavy atom. The van der Waals surface area contributed by atoms with Gasteiger partial charge in [-0.1, -0.05) is 6.07 Å². The third kappa shape index (κ3) is 3.01. The molecule has 0 radical (unpaired) electrons. The van der Waals surface area contributed by atoms with Crippen molar-refractivity contribution in [2.45, 2.75) is 6.10 Å². The first-order valence-corrected chi connectivity index (χ1v) is 5.59. The largest absolute Gasteiger partial charge is 0.375 e. The van der Waals surface area contributed by atoms with Gasteiger partial charge in [0.1, 0.15) is 12.7 Å². The average Bonchev–Trinajstić information content (AvgIpc) is 2.40. The maximum atomic E-state index is 11.7. The predicted octanol–water partition coefficient (Wildman–Crippen LogP) is 0.628. The Balaban J connectivity index is 2.00. The summed E-state index contributed by atoms with van der Waals surface area (Å²) in [5.74, 6) is 0.00434. The number of rotatable bonds is 3. The van der Waals surface area contributed by atoms with Crippen molar-refractivity contribution in [2.24, 2.45) is 0 Å². The first-order chi connectivity index (χ1) is 8.31. The van der Waals surface area contributed by atoms with Crippen LogP contribution in [0.3, 0.4) is 0 Å². The summed E-state index contributed by atoms with van der Waals surface area (Å²) in [6.07, 6.45) is 3.41. The standard InChI is InChI=1S/C12H16N2O3/c1-16-9-12(15)14-5-6-17-11(8-14)10-3-2-4-13-7-10/h2-4,7,11H,5-6,8-9H2,1H3/t11-/m0/s1. The van der Waals surface area contributed by atoms with Crippen molar-refractivity contribution in [3.8, 4) is 0 Å². The predicted molar refractivity (Wildman–Crippen MR) is 61.4 cm³/mol. The Bertz CT molecular complexity index is 369. The second kappa shape index (κ2) is 5.75. The van der Waals surface area contributed by atoms with Crippen LogP contribution in [0.2, 0.25) is 0 Å². The summed E-state index contributed by atoms with van der Waals surface area (Å²) in [6, 6.07) is 3.83. The van der Waals surface area contributed by atoms with Gasteiger partial charge in [-0.25, -0.2) is 0 Å². The van der Waals surface area contributed by atoms with Gasteiger partial charge in [0.15, 0.2) is 0 Å². The van der Waals surface area contributed by atoms with Crippen molar-refractivity contribution in [1.82, 2.24) is 9.88 Å². The van der Waals surface area contributed by atoms with Gasteiger partial charge in [-0.3, -0.25) is 9.78 Å². The number of methoxy groups -OCH3 is 1. The van der Waals surface area contributed by atoms with E-state index in [9.17, 15) is 4.79 Å². The maximum Gasteiger partial charge on any atom is 0.248 e. The lowest BCUT2D eigenvalue weighted by Gasteiger charge is -2.32. The molecule has 5 heteroatoms. The summed E-state index contributed by atoms with van der Waals surface area (Å²) in [7, 11) is 1.52. The van der Waals surface area contributed by atoms with Crippen LogP contribution in [0.15, 0.2) is 24.5 Å². The molecule has 0 aliphatic carbocycles. The summed E-state index contributed by atoms with van der Waals surface area (Å²) in [5.41, 5.74) is 1.00. The third-order valence-electron chi connectivity index (χ3n) is 2.74. The monoisotopic (exact) mass is 236 g/mol. The van der Waals surface area contributed by atoms with E-state index in [0.29, 0.717) is 19.7 Å². The lowest BCUT2D eigenvalue weighted by Crippen LogP contribution is -2.43. The summed E-state index contributed by atoms with van der Waals surface area (Å²) < 4.78 is 10.5. The highest BCUT2D eigenvalue weighted by Crippen LogP contribution is 2.21. The van der Waals surface area contributed by atoms with E-state index >= 15 is 0 Å². The van der Waals surface area contributed by atoms with Gasteiger partial charge in [0, 0.05) is 31.6 Å². The van der Waals surface area contributed by atoms with E-state index in [4.69, 9.17) is 9.47 Å². The molecule has 1 saturated heterocycles. The first-order valence-electron chi connectivity index (χ1n) is 5.59. The van der Waals surface area contributed by atoms with E-state index in [0.717, 1.165) is 5.56 Å². The highest BCUT2D eigenvalue weighted by Gasteiger charge is 2.25. The van der Waals surface area contributed by atoms with Crippen molar-refractivity contribution < 1.29 is 14.3 Å². The number of amides is 1. The maximum absolute atomic E-state index is 11.7. The molecule has 17 heavy (non-hydrogen) atoms. The second-order valence-corrected chi connectivity index (χ2v) is 3.92. The molecule has 5 nitrogen and oxygen atoms in total. The number of hydrogen-bond donors (Lipinski definition) is 0. The molecule has 2 rings (SSSR count). The summed E-state index contributed by atoms with van der Waals surface area (Å²) in [5, 5.41) is 0. The quantitative estimate of drug-likeness (QED) is 0.772. The van der Waals surface area contributed by atoms with Crippen LogP contribution in [0.25, 0.3) is 0 Å². The van der Waals surface area contributed by atoms with Crippen molar-refractivity contribution in [1.29, 1.82) is 0 Å². The van der Waals surface area contributed by atoms with Crippen LogP contribution in [0.1, 0.15) is 11.7 Å². The number of pyridine rings is 1. The molecule has 2 heterocycles. The number of ether oxygens (including phenoxy) is 2. The van der Waals surface area contributed by atoms with Crippen LogP contribution in [-0.2, 0) is 14.3 Å². The highest BCUT2D eigenvalue weighted by molar-refractivity contribution is 5.77. The minimum Gasteiger partial charge on any atom is -0.375 e. The minimum atomic E-state index is -0.0849. The molecule has 1 aromatic rings. The number of carbonyl (C=O) groups excluding carboxylic acids is 1. The smallest absolute Gasteiger partial charge is 0.248 e. The molecule has 1 amide bonds. The van der Waals surface area contributed by atoms with E-state index in [2.05, 4.69) is 4.98 Å². The van der Waals surface area contributed by atoms with Gasteiger partial charge in [0.25, 0.3) is 0 Å². The molecule has 0 spiro atoms. The second-order valence-electron chi connectivity index (χ2n) is 3.92. The van der Waals surface area contributed by atoms with Crippen molar-refractivity contribution in [2.75, 3.05) is 33.4 Å². The Labute approximate surface area is 100 Å². The minimum absolute atomic E-state index is 0.00434. The van der Waals surface area contributed by atoms with Crippen molar-refractivity contribution in [3.63, 3.8) is 0 Å². The van der Waals surface area contributed by atoms with Crippen LogP contribution in [0.4, 0.5) is 0 Å². The molecule has 1 fully saturated rings. The van der Waals surface area contributed by atoms with Crippen LogP contribution in [-0.4, -0.2) is 49.2 Å². The molecule has 1 aliphatic rings. The van der Waals surface area contributed by atoms with Gasteiger partial charge in [-0.15, -0.1) is 0 Å². The lowest BCUT2D eigenvalue weighted by atomic mass is 10.1. The Morgan fingerprint density at radius 1 is 1.71 bits per heavy atom. The van der Waals surface area contributed by atoms with Crippen molar-refractivity contribution >= 4 is 5.91 Å². The molecule has 92 valence electrons. The Morgan fingerprint density at radius 3 is 3.29 bits per heavy atom. The topological polar surface area (TPSA) is 51.7 Å². The van der Waals surface area contributed by atoms with E-state index in [1.54, 1.807) is 17.3 Å². The highest BCUT2D eigenvalue weighted by atomic mass is 16.5. The molecule has 0 bridgehead atoms. The first kappa shape index (κ1) is 12.0. The summed E-state index contributed by atoms with van der Waals surface area (Å²) in [4.78, 5) is 17.5. The zero-order chi connectivity index (χ0) is 12.1. The van der Waals surface area contributed by atoms with Gasteiger partial charge < -0.3 is 14.4 Å². The zero-order valence-corrected chi connectivity index (χ0v) is 9.83. The molecular weight excluding hydrogens is 220 g/mol. The fourth-order valence-corrected chi connectivity index (χ4v) is 1.86. The van der Waals surface area contributed by atoms with Crippen LogP contribution < -0.4 is 0 Å². The van der Waals surface area contributed by atoms with Crippen LogP contribution >= 0.6 is 0 Å². The van der Waals surface area contributed by atoms with Crippen LogP contribution in [0.5, 0.6) is 0 Å². The van der Waals surface area contributed by atoms with E-state index in [1.807, 2.05) is 12.1 Å². The van der Waals surface area contributed by atoms with Gasteiger partial charge in [-0.2, -0.15) is 0 Å². The van der Waals surface area contributed by atoms with Gasteiger partial charge >= 0.3 is 0 Å². The number of hydrogen-bond acceptors (Lipinski definition) is 4. The molecule has 0 N–H and O–H groups in total. The fourth-order valence-electron chi connectivity index (χ4n) is 1.86. The molecule has 1 aromatic heterocycles. The third-order valence-corrected chi connectivity index (χ3v) is 2.74. The molecule has 0 unspecified atom stereocenters. The van der Waals surface area contributed by atoms with E-state index in [-0.39, 0.29) is 18.6 Å². The average molecular weight is 236 g/mol. The number of nitrogens with zero attached hydrogens (tertiary/aromatic N) is 2. The number of morpholine rings is 1. The van der Waals surface area contributed by atoms with Gasteiger partial charge in [-0.05, 0) is 6.07 Å². The van der Waals surface area contributed by atoms with E-state index < -0.39 is 0 Å². The van der Waals surface area contributed by atoms with E-state index in [1.165, 1.54) is 7.11 Å². The Kier molecular flexibility index (Phi) is 4.06. The van der Waals surface area contributed by atoms with Crippen LogP contribution in [0, 0.1) is 0 Å². The van der Waals surface area contributed by atoms with Gasteiger partial charge in [0.05, 0.1) is 13.2 Å². The summed E-state index contributed by atoms with van der Waals surface area (Å²) in [6.45, 7) is 1.86. The Hall–Kier alpha value is -1.46. The molecule has 0 aromatic carbocycles. The summed E-state index contributed by atoms with van der Waals surface area (Å²) >= 11 is 0. The molecule has 1 atom stereocenters. The lowest BCUT2D eigenvalue weighted by molar-refractivity contribution is -0.142. The molecule has 1 aliphatic heterocycles. The fraction of sp³-hybridized carbons (Fsp3) is 0.500. The van der Waals surface area contributed by atoms with Crippen molar-refractivity contribution in [3.05, 3.63) is 30.1 Å². The number of aromatic nitrogens is 1. The zero-order valence-electron chi connectivity index (χ0n) is 9.83. The number of carbonyl (C=O) groups is 1.